The van der Waals surface area contributed by atoms with E-state index in [1.165, 1.54) is 20.3 Å². The molecule has 0 amide bonds. The lowest BCUT2D eigenvalue weighted by molar-refractivity contribution is -0.136. The molecular weight excluding hydrogens is 363 g/mol. The van der Waals surface area contributed by atoms with Gasteiger partial charge in [0, 0.05) is 11.6 Å². The van der Waals surface area contributed by atoms with Crippen molar-refractivity contribution in [1.82, 2.24) is 9.55 Å². The fourth-order valence-electron chi connectivity index (χ4n) is 2.89. The molecule has 1 N–H and O–H groups in total. The molecule has 0 aliphatic carbocycles. The van der Waals surface area contributed by atoms with E-state index in [4.69, 9.17) is 14.7 Å². The van der Waals surface area contributed by atoms with Crippen LogP contribution in [0.2, 0.25) is 0 Å². The Morgan fingerprint density at radius 3 is 2.52 bits per heavy atom. The number of alkyl halides is 3. The molecule has 0 unspecified atom stereocenters. The molecule has 0 aliphatic heterocycles. The van der Waals surface area contributed by atoms with Gasteiger partial charge < -0.3 is 14.5 Å². The van der Waals surface area contributed by atoms with Crippen LogP contribution in [0.3, 0.4) is 0 Å². The number of nitrogens with zero attached hydrogens (tertiary/aromatic N) is 2. The van der Waals surface area contributed by atoms with E-state index >= 15 is 0 Å². The fourth-order valence-corrected chi connectivity index (χ4v) is 2.89. The van der Waals surface area contributed by atoms with E-state index in [0.29, 0.717) is 17.1 Å². The smallest absolute Gasteiger partial charge is 0.418 e. The molecule has 3 aromatic rings. The molecule has 0 saturated carbocycles. The van der Waals surface area contributed by atoms with Crippen LogP contribution in [0.1, 0.15) is 16.7 Å². The molecule has 0 spiro atoms. The zero-order chi connectivity index (χ0) is 19.8. The summed E-state index contributed by atoms with van der Waals surface area (Å²) in [5.41, 5.74) is -1.84. The highest BCUT2D eigenvalue weighted by atomic mass is 19.4. The number of rotatable bonds is 4. The van der Waals surface area contributed by atoms with E-state index in [-0.39, 0.29) is 23.1 Å². The predicted molar refractivity (Wildman–Crippen MR) is 90.9 cm³/mol. The SMILES string of the molecule is COc1ccc(Cn2c(=O)[nH]c3cc(C#N)cc(C(F)(F)F)c32)c(OC)c1. The van der Waals surface area contributed by atoms with Gasteiger partial charge in [0.15, 0.2) is 0 Å². The minimum absolute atomic E-state index is 0.0566. The topological polar surface area (TPSA) is 80.0 Å². The molecular formula is C18H14F3N3O3. The lowest BCUT2D eigenvalue weighted by atomic mass is 10.1. The number of nitriles is 1. The molecule has 3 rings (SSSR count). The molecule has 0 radical (unpaired) electrons. The summed E-state index contributed by atoms with van der Waals surface area (Å²) in [5.74, 6) is 0.884. The summed E-state index contributed by atoms with van der Waals surface area (Å²) in [5, 5.41) is 8.97. The number of imidazole rings is 1. The number of halogens is 3. The number of H-pyrrole nitrogens is 1. The average molecular weight is 377 g/mol. The molecule has 0 saturated heterocycles. The molecule has 6 nitrogen and oxygen atoms in total. The maximum Gasteiger partial charge on any atom is 0.418 e. The van der Waals surface area contributed by atoms with E-state index in [2.05, 4.69) is 4.98 Å². The first-order valence-electron chi connectivity index (χ1n) is 7.73. The van der Waals surface area contributed by atoms with Gasteiger partial charge in [-0.2, -0.15) is 18.4 Å². The fraction of sp³-hybridized carbons (Fsp3) is 0.222. The number of nitrogens with one attached hydrogen (secondary N) is 1. The van der Waals surface area contributed by atoms with Crippen molar-refractivity contribution >= 4 is 11.0 Å². The second-order valence-corrected chi connectivity index (χ2v) is 5.72. The Hall–Kier alpha value is -3.41. The Bertz CT molecular complexity index is 1110. The molecule has 140 valence electrons. The van der Waals surface area contributed by atoms with Crippen LogP contribution in [0.25, 0.3) is 11.0 Å². The highest BCUT2D eigenvalue weighted by Crippen LogP contribution is 2.35. The van der Waals surface area contributed by atoms with Gasteiger partial charge in [0.05, 0.1) is 49.0 Å². The number of hydrogen-bond donors (Lipinski definition) is 1. The third-order valence-electron chi connectivity index (χ3n) is 4.12. The van der Waals surface area contributed by atoms with Gasteiger partial charge in [-0.3, -0.25) is 4.57 Å². The van der Waals surface area contributed by atoms with Crippen LogP contribution >= 0.6 is 0 Å². The summed E-state index contributed by atoms with van der Waals surface area (Å²) in [4.78, 5) is 14.7. The average Bonchev–Trinajstić information content (AvgIpc) is 2.95. The molecule has 9 heteroatoms. The first-order valence-corrected chi connectivity index (χ1v) is 7.73. The summed E-state index contributed by atoms with van der Waals surface area (Å²) < 4.78 is 51.9. The van der Waals surface area contributed by atoms with Crippen molar-refractivity contribution in [3.8, 4) is 17.6 Å². The zero-order valence-electron chi connectivity index (χ0n) is 14.3. The minimum atomic E-state index is -4.73. The minimum Gasteiger partial charge on any atom is -0.497 e. The quantitative estimate of drug-likeness (QED) is 0.757. The van der Waals surface area contributed by atoms with Crippen molar-refractivity contribution in [2.75, 3.05) is 14.2 Å². The molecule has 27 heavy (non-hydrogen) atoms. The van der Waals surface area contributed by atoms with Crippen molar-refractivity contribution in [1.29, 1.82) is 5.26 Å². The van der Waals surface area contributed by atoms with Crippen LogP contribution in [-0.2, 0) is 12.7 Å². The Balaban J connectivity index is 2.23. The highest BCUT2D eigenvalue weighted by Gasteiger charge is 2.35. The van der Waals surface area contributed by atoms with Crippen LogP contribution in [0.15, 0.2) is 35.1 Å². The Morgan fingerprint density at radius 2 is 1.93 bits per heavy atom. The van der Waals surface area contributed by atoms with Gasteiger partial charge in [0.1, 0.15) is 11.5 Å². The molecule has 1 heterocycles. The van der Waals surface area contributed by atoms with Gasteiger partial charge in [-0.05, 0) is 24.3 Å². The molecule has 0 bridgehead atoms. The third kappa shape index (κ3) is 3.33. The van der Waals surface area contributed by atoms with Crippen molar-refractivity contribution in [2.24, 2.45) is 0 Å². The lowest BCUT2D eigenvalue weighted by Gasteiger charge is -2.14. The van der Waals surface area contributed by atoms with Crippen molar-refractivity contribution in [2.45, 2.75) is 12.7 Å². The summed E-state index contributed by atoms with van der Waals surface area (Å²) in [6, 6.07) is 8.43. The number of hydrogen-bond acceptors (Lipinski definition) is 4. The predicted octanol–water partition coefficient (Wildman–Crippen LogP) is 3.29. The zero-order valence-corrected chi connectivity index (χ0v) is 14.3. The van der Waals surface area contributed by atoms with Crippen LogP contribution in [0, 0.1) is 11.3 Å². The summed E-state index contributed by atoms with van der Waals surface area (Å²) in [6.07, 6.45) is -4.73. The van der Waals surface area contributed by atoms with Gasteiger partial charge in [0.2, 0.25) is 0 Å². The monoisotopic (exact) mass is 377 g/mol. The van der Waals surface area contributed by atoms with Crippen molar-refractivity contribution < 1.29 is 22.6 Å². The van der Waals surface area contributed by atoms with E-state index in [1.54, 1.807) is 24.3 Å². The normalized spacial score (nSPS) is 11.4. The van der Waals surface area contributed by atoms with Gasteiger partial charge in [-0.15, -0.1) is 0 Å². The van der Waals surface area contributed by atoms with Crippen LogP contribution < -0.4 is 15.2 Å². The van der Waals surface area contributed by atoms with Gasteiger partial charge in [-0.25, -0.2) is 4.79 Å². The molecule has 1 aromatic heterocycles. The van der Waals surface area contributed by atoms with Crippen molar-refractivity contribution in [3.63, 3.8) is 0 Å². The summed E-state index contributed by atoms with van der Waals surface area (Å²) >= 11 is 0. The van der Waals surface area contributed by atoms with Gasteiger partial charge >= 0.3 is 11.9 Å². The van der Waals surface area contributed by atoms with Crippen LogP contribution in [-0.4, -0.2) is 23.8 Å². The second kappa shape index (κ2) is 6.72. The molecule has 0 atom stereocenters. The van der Waals surface area contributed by atoms with Crippen molar-refractivity contribution in [3.05, 3.63) is 57.5 Å². The van der Waals surface area contributed by atoms with E-state index in [9.17, 15) is 18.0 Å². The molecule has 0 fully saturated rings. The van der Waals surface area contributed by atoms with Gasteiger partial charge in [-0.1, -0.05) is 0 Å². The van der Waals surface area contributed by atoms with E-state index in [1.807, 2.05) is 0 Å². The standard InChI is InChI=1S/C18H14F3N3O3/c1-26-12-4-3-11(15(7-12)27-2)9-24-16-13(18(19,20)21)5-10(8-22)6-14(16)23-17(24)25/h3-7H,9H2,1-2H3,(H,23,25). The Kier molecular flexibility index (Phi) is 4.57. The number of methoxy groups -OCH3 is 2. The number of ether oxygens (including phenoxy) is 2. The van der Waals surface area contributed by atoms with E-state index < -0.39 is 17.4 Å². The van der Waals surface area contributed by atoms with Crippen LogP contribution in [0.4, 0.5) is 13.2 Å². The number of fused-ring (bicyclic) bond motifs is 1. The maximum absolute atomic E-state index is 13.5. The second-order valence-electron chi connectivity index (χ2n) is 5.72. The lowest BCUT2D eigenvalue weighted by Crippen LogP contribution is -2.19. The molecule has 2 aromatic carbocycles. The first-order chi connectivity index (χ1) is 12.8. The third-order valence-corrected chi connectivity index (χ3v) is 4.12. The Labute approximate surface area is 151 Å². The largest absolute Gasteiger partial charge is 0.497 e. The maximum atomic E-state index is 13.5. The number of benzene rings is 2. The Morgan fingerprint density at radius 1 is 1.19 bits per heavy atom. The van der Waals surface area contributed by atoms with E-state index in [0.717, 1.165) is 10.6 Å². The van der Waals surface area contributed by atoms with Gasteiger partial charge in [0.25, 0.3) is 0 Å². The first kappa shape index (κ1) is 18.4. The summed E-state index contributed by atoms with van der Waals surface area (Å²) in [6.45, 7) is -0.152. The summed E-state index contributed by atoms with van der Waals surface area (Å²) in [7, 11) is 2.89. The highest BCUT2D eigenvalue weighted by molar-refractivity contribution is 5.81. The molecule has 0 aliphatic rings. The number of aromatic amines is 1. The van der Waals surface area contributed by atoms with Crippen LogP contribution in [0.5, 0.6) is 11.5 Å². The number of aromatic nitrogens is 2.